The molecule has 3 heterocycles. The number of rotatable bonds is 3. The Balaban J connectivity index is 1.61. The quantitative estimate of drug-likeness (QED) is 0.697. The predicted octanol–water partition coefficient (Wildman–Crippen LogP) is 1.17. The summed E-state index contributed by atoms with van der Waals surface area (Å²) in [7, 11) is -3.75. The lowest BCUT2D eigenvalue weighted by atomic mass is 10.1. The normalized spacial score (nSPS) is 25.0. The molecule has 2 unspecified atom stereocenters. The zero-order chi connectivity index (χ0) is 22.7. The third-order valence-electron chi connectivity index (χ3n) is 5.78. The van der Waals surface area contributed by atoms with Gasteiger partial charge < -0.3 is 10.0 Å². The molecular formula is C19H21F3N4O4S. The number of benzene rings is 1. The first-order valence-electron chi connectivity index (χ1n) is 9.67. The second-order valence-corrected chi connectivity index (χ2v) is 9.85. The summed E-state index contributed by atoms with van der Waals surface area (Å²) in [6, 6.07) is 0.551. The number of aromatic nitrogens is 2. The predicted molar refractivity (Wildman–Crippen MR) is 104 cm³/mol. The molecule has 1 N–H and O–H groups in total. The van der Waals surface area contributed by atoms with E-state index >= 15 is 0 Å². The molecular weight excluding hydrogens is 437 g/mol. The van der Waals surface area contributed by atoms with E-state index in [1.54, 1.807) is 18.5 Å². The lowest BCUT2D eigenvalue weighted by Gasteiger charge is -2.35. The van der Waals surface area contributed by atoms with Crippen LogP contribution in [0, 0.1) is 17.5 Å². The van der Waals surface area contributed by atoms with Gasteiger partial charge in [-0.1, -0.05) is 0 Å². The van der Waals surface area contributed by atoms with Gasteiger partial charge in [-0.3, -0.25) is 13.8 Å². The molecule has 0 spiro atoms. The molecule has 2 aliphatic rings. The Morgan fingerprint density at radius 1 is 1.23 bits per heavy atom. The molecule has 4 rings (SSSR count). The van der Waals surface area contributed by atoms with Crippen molar-refractivity contribution in [3.8, 4) is 0 Å². The van der Waals surface area contributed by atoms with E-state index in [2.05, 4.69) is 5.10 Å². The third kappa shape index (κ3) is 3.67. The van der Waals surface area contributed by atoms with E-state index in [4.69, 9.17) is 0 Å². The number of anilines is 1. The number of fused-ring (bicyclic) bond motifs is 1. The second-order valence-electron chi connectivity index (χ2n) is 7.96. The van der Waals surface area contributed by atoms with Crippen LogP contribution in [0.25, 0.3) is 0 Å². The number of hydrogen-bond acceptors (Lipinski definition) is 5. The van der Waals surface area contributed by atoms with Crippen molar-refractivity contribution >= 4 is 21.6 Å². The first-order chi connectivity index (χ1) is 14.5. The van der Waals surface area contributed by atoms with Crippen LogP contribution < -0.4 is 4.31 Å². The average Bonchev–Trinajstić information content (AvgIpc) is 3.15. The summed E-state index contributed by atoms with van der Waals surface area (Å²) in [4.78, 5) is 14.3. The van der Waals surface area contributed by atoms with Gasteiger partial charge in [0.2, 0.25) is 15.9 Å². The maximum absolute atomic E-state index is 13.5. The Labute approximate surface area is 176 Å². The molecule has 3 atom stereocenters. The molecule has 31 heavy (non-hydrogen) atoms. The monoisotopic (exact) mass is 458 g/mol. The number of halogens is 3. The van der Waals surface area contributed by atoms with Crippen molar-refractivity contribution in [2.75, 3.05) is 10.1 Å². The SMILES string of the molecule is CC1C(O)CS(=O)(=O)N1c1cnn2c1CN(C(=O)Cc1cc(F)c(F)c(F)c1)[C@@H](C)C2. The molecule has 168 valence electrons. The number of aliphatic hydroxyl groups excluding tert-OH is 1. The van der Waals surface area contributed by atoms with Gasteiger partial charge in [-0.25, -0.2) is 21.6 Å². The van der Waals surface area contributed by atoms with Crippen LogP contribution >= 0.6 is 0 Å². The van der Waals surface area contributed by atoms with Gasteiger partial charge in [0.1, 0.15) is 0 Å². The van der Waals surface area contributed by atoms with Crippen molar-refractivity contribution in [2.24, 2.45) is 0 Å². The molecule has 8 nitrogen and oxygen atoms in total. The smallest absolute Gasteiger partial charge is 0.238 e. The zero-order valence-corrected chi connectivity index (χ0v) is 17.6. The van der Waals surface area contributed by atoms with Gasteiger partial charge in [0, 0.05) is 6.04 Å². The fourth-order valence-electron chi connectivity index (χ4n) is 4.11. The number of carbonyl (C=O) groups excluding carboxylic acids is 1. The molecule has 0 aliphatic carbocycles. The number of hydrogen-bond donors (Lipinski definition) is 1. The van der Waals surface area contributed by atoms with Crippen LogP contribution in [0.2, 0.25) is 0 Å². The van der Waals surface area contributed by atoms with Gasteiger partial charge in [-0.2, -0.15) is 5.10 Å². The van der Waals surface area contributed by atoms with Crippen LogP contribution in [-0.2, 0) is 34.3 Å². The largest absolute Gasteiger partial charge is 0.390 e. The maximum atomic E-state index is 13.5. The summed E-state index contributed by atoms with van der Waals surface area (Å²) in [5.74, 6) is -5.20. The summed E-state index contributed by atoms with van der Waals surface area (Å²) in [6.07, 6.45) is -0.00426. The summed E-state index contributed by atoms with van der Waals surface area (Å²) in [6.45, 7) is 3.67. The number of nitrogens with zero attached hydrogens (tertiary/aromatic N) is 4. The van der Waals surface area contributed by atoms with Crippen molar-refractivity contribution in [2.45, 2.75) is 51.5 Å². The highest BCUT2D eigenvalue weighted by Gasteiger charge is 2.44. The molecule has 1 aromatic carbocycles. The van der Waals surface area contributed by atoms with E-state index in [-0.39, 0.29) is 36.8 Å². The van der Waals surface area contributed by atoms with Crippen molar-refractivity contribution < 1.29 is 31.5 Å². The van der Waals surface area contributed by atoms with E-state index in [0.29, 0.717) is 5.69 Å². The Hall–Kier alpha value is -2.60. The number of carbonyl (C=O) groups is 1. The van der Waals surface area contributed by atoms with Gasteiger partial charge in [0.15, 0.2) is 17.5 Å². The van der Waals surface area contributed by atoms with Gasteiger partial charge >= 0.3 is 0 Å². The fourth-order valence-corrected chi connectivity index (χ4v) is 6.08. The molecule has 12 heteroatoms. The van der Waals surface area contributed by atoms with E-state index in [9.17, 15) is 31.5 Å². The van der Waals surface area contributed by atoms with Crippen LogP contribution in [0.15, 0.2) is 18.3 Å². The number of aliphatic hydroxyl groups is 1. The summed E-state index contributed by atoms with van der Waals surface area (Å²) in [5.41, 5.74) is 0.756. The van der Waals surface area contributed by atoms with Crippen LogP contribution in [0.1, 0.15) is 25.1 Å². The van der Waals surface area contributed by atoms with Gasteiger partial charge in [-0.15, -0.1) is 0 Å². The Morgan fingerprint density at radius 3 is 2.45 bits per heavy atom. The Kier molecular flexibility index (Phi) is 5.24. The van der Waals surface area contributed by atoms with Crippen LogP contribution in [0.5, 0.6) is 0 Å². The fraction of sp³-hybridized carbons (Fsp3) is 0.474. The van der Waals surface area contributed by atoms with E-state index in [1.807, 2.05) is 0 Å². The molecule has 0 bridgehead atoms. The van der Waals surface area contributed by atoms with Crippen LogP contribution in [0.3, 0.4) is 0 Å². The van der Waals surface area contributed by atoms with Gasteiger partial charge in [-0.05, 0) is 31.5 Å². The van der Waals surface area contributed by atoms with Crippen LogP contribution in [-0.4, -0.2) is 58.1 Å². The molecule has 2 aliphatic heterocycles. The molecule has 0 saturated carbocycles. The highest BCUT2D eigenvalue weighted by Crippen LogP contribution is 2.34. The minimum atomic E-state index is -3.75. The zero-order valence-electron chi connectivity index (χ0n) is 16.8. The number of sulfonamides is 1. The lowest BCUT2D eigenvalue weighted by Crippen LogP contribution is -2.46. The molecule has 1 amide bonds. The maximum Gasteiger partial charge on any atom is 0.238 e. The first-order valence-corrected chi connectivity index (χ1v) is 11.3. The second kappa shape index (κ2) is 7.52. The lowest BCUT2D eigenvalue weighted by molar-refractivity contribution is -0.134. The minimum absolute atomic E-state index is 0.00762. The third-order valence-corrected chi connectivity index (χ3v) is 7.67. The number of amides is 1. The molecule has 0 radical (unpaired) electrons. The van der Waals surface area contributed by atoms with Crippen LogP contribution in [0.4, 0.5) is 18.9 Å². The van der Waals surface area contributed by atoms with Crippen molar-refractivity contribution in [1.82, 2.24) is 14.7 Å². The van der Waals surface area contributed by atoms with Crippen molar-refractivity contribution in [1.29, 1.82) is 0 Å². The summed E-state index contributed by atoms with van der Waals surface area (Å²) < 4.78 is 68.0. The van der Waals surface area contributed by atoms with Crippen molar-refractivity contribution in [3.05, 3.63) is 47.0 Å². The summed E-state index contributed by atoms with van der Waals surface area (Å²) >= 11 is 0. The van der Waals surface area contributed by atoms with E-state index in [1.165, 1.54) is 11.1 Å². The topological polar surface area (TPSA) is 95.7 Å². The molecule has 1 aromatic heterocycles. The highest BCUT2D eigenvalue weighted by molar-refractivity contribution is 7.93. The average molecular weight is 458 g/mol. The standard InChI is InChI=1S/C19H21F3N4O4S/c1-10-7-25-16(15(6-23-25)26-11(2)17(27)9-31(26,29)30)8-24(10)18(28)5-12-3-13(20)19(22)14(21)4-12/h3-4,6,10-11,17,27H,5,7-9H2,1-2H3/t10-,11?,17?/m0/s1. The van der Waals surface area contributed by atoms with Gasteiger partial charge in [0.05, 0.1) is 55.0 Å². The van der Waals surface area contributed by atoms with Gasteiger partial charge in [0.25, 0.3) is 0 Å². The molecule has 2 aromatic rings. The molecule has 1 saturated heterocycles. The molecule has 1 fully saturated rings. The Morgan fingerprint density at radius 2 is 1.87 bits per heavy atom. The highest BCUT2D eigenvalue weighted by atomic mass is 32.2. The van der Waals surface area contributed by atoms with E-state index in [0.717, 1.165) is 16.4 Å². The van der Waals surface area contributed by atoms with Crippen molar-refractivity contribution in [3.63, 3.8) is 0 Å². The minimum Gasteiger partial charge on any atom is -0.390 e. The first kappa shape index (κ1) is 21.6. The Bertz CT molecular complexity index is 1130. The van der Waals surface area contributed by atoms with E-state index < -0.39 is 51.3 Å². The summed E-state index contributed by atoms with van der Waals surface area (Å²) in [5, 5.41) is 14.3.